The third-order valence-corrected chi connectivity index (χ3v) is 8.90. The van der Waals surface area contributed by atoms with Gasteiger partial charge in [0.15, 0.2) is 0 Å². The Hall–Kier alpha value is -0.333. The zero-order valence-electron chi connectivity index (χ0n) is 22.4. The SMILES string of the molecule is CCC(/C=C/C/C(C)=C/[Si](C)(C)C)(B1OC(C)(C)C(C)(C)O1)B1OC(C)(C)C(C)(C)O1. The van der Waals surface area contributed by atoms with Gasteiger partial charge in [-0.2, -0.15) is 0 Å². The van der Waals surface area contributed by atoms with Crippen molar-refractivity contribution in [1.29, 1.82) is 0 Å². The summed E-state index contributed by atoms with van der Waals surface area (Å²) in [6.45, 7) is 28.3. The summed E-state index contributed by atoms with van der Waals surface area (Å²) in [6.07, 6.45) is 6.20. The number of hydrogen-bond acceptors (Lipinski definition) is 4. The molecule has 0 saturated carbocycles. The molecule has 0 N–H and O–H groups in total. The first-order valence-corrected chi connectivity index (χ1v) is 15.4. The molecule has 31 heavy (non-hydrogen) atoms. The minimum absolute atomic E-state index is 0.413. The normalized spacial score (nSPS) is 25.6. The maximum Gasteiger partial charge on any atom is 0.466 e. The Morgan fingerprint density at radius 3 is 1.42 bits per heavy atom. The summed E-state index contributed by atoms with van der Waals surface area (Å²) in [6, 6.07) is 0. The highest BCUT2D eigenvalue weighted by atomic mass is 28.3. The molecule has 4 nitrogen and oxygen atoms in total. The Bertz CT molecular complexity index is 652. The van der Waals surface area contributed by atoms with Gasteiger partial charge < -0.3 is 18.6 Å². The minimum atomic E-state index is -1.25. The van der Waals surface area contributed by atoms with E-state index < -0.39 is 49.9 Å². The zero-order valence-corrected chi connectivity index (χ0v) is 23.4. The molecule has 0 aliphatic carbocycles. The largest absolute Gasteiger partial charge is 0.466 e. The molecule has 176 valence electrons. The lowest BCUT2D eigenvalue weighted by atomic mass is 9.37. The molecule has 2 aliphatic heterocycles. The highest BCUT2D eigenvalue weighted by Crippen LogP contribution is 2.54. The van der Waals surface area contributed by atoms with E-state index in [1.165, 1.54) is 5.57 Å². The predicted octanol–water partition coefficient (Wildman–Crippen LogP) is 6.63. The van der Waals surface area contributed by atoms with Crippen LogP contribution in [0.1, 0.15) is 82.1 Å². The molecule has 0 unspecified atom stereocenters. The van der Waals surface area contributed by atoms with E-state index in [-0.39, 0.29) is 0 Å². The molecule has 0 atom stereocenters. The van der Waals surface area contributed by atoms with Crippen molar-refractivity contribution in [2.24, 2.45) is 0 Å². The lowest BCUT2D eigenvalue weighted by Gasteiger charge is -2.33. The van der Waals surface area contributed by atoms with Gasteiger partial charge >= 0.3 is 14.2 Å². The lowest BCUT2D eigenvalue weighted by Crippen LogP contribution is -2.47. The Balaban J connectivity index is 2.45. The van der Waals surface area contributed by atoms with Crippen molar-refractivity contribution >= 4 is 22.3 Å². The van der Waals surface area contributed by atoms with E-state index >= 15 is 0 Å². The monoisotopic (exact) mass is 448 g/mol. The summed E-state index contributed by atoms with van der Waals surface area (Å²) in [7, 11) is -2.15. The molecule has 2 heterocycles. The van der Waals surface area contributed by atoms with Crippen molar-refractivity contribution in [3.8, 4) is 0 Å². The molecule has 2 fully saturated rings. The van der Waals surface area contributed by atoms with Crippen LogP contribution >= 0.6 is 0 Å². The van der Waals surface area contributed by atoms with Crippen LogP contribution in [-0.4, -0.2) is 44.7 Å². The van der Waals surface area contributed by atoms with Gasteiger partial charge in [0.05, 0.1) is 35.7 Å². The fourth-order valence-corrected chi connectivity index (χ4v) is 5.70. The van der Waals surface area contributed by atoms with Gasteiger partial charge in [-0.05, 0) is 68.7 Å². The van der Waals surface area contributed by atoms with Crippen LogP contribution in [-0.2, 0) is 18.6 Å². The predicted molar refractivity (Wildman–Crippen MR) is 136 cm³/mol. The second-order valence-electron chi connectivity index (χ2n) is 12.6. The molecule has 0 radical (unpaired) electrons. The van der Waals surface area contributed by atoms with E-state index in [2.05, 4.69) is 107 Å². The smallest absolute Gasteiger partial charge is 0.403 e. The molecule has 2 aliphatic rings. The second-order valence-corrected chi connectivity index (χ2v) is 17.6. The van der Waals surface area contributed by atoms with Gasteiger partial charge in [0.1, 0.15) is 0 Å². The summed E-state index contributed by atoms with van der Waals surface area (Å²) < 4.78 is 26.3. The molecular formula is C24H46B2O4Si. The van der Waals surface area contributed by atoms with Gasteiger partial charge in [0.2, 0.25) is 0 Å². The zero-order chi connectivity index (χ0) is 24.1. The van der Waals surface area contributed by atoms with Crippen molar-refractivity contribution in [2.75, 3.05) is 0 Å². The first-order valence-electron chi connectivity index (χ1n) is 11.9. The van der Waals surface area contributed by atoms with E-state index in [4.69, 9.17) is 18.6 Å². The fraction of sp³-hybridized carbons (Fsp3) is 0.833. The van der Waals surface area contributed by atoms with Crippen LogP contribution in [0.15, 0.2) is 23.4 Å². The van der Waals surface area contributed by atoms with Crippen LogP contribution in [0.4, 0.5) is 0 Å². The average molecular weight is 448 g/mol. The van der Waals surface area contributed by atoms with Gasteiger partial charge in [-0.3, -0.25) is 0 Å². The van der Waals surface area contributed by atoms with E-state index in [0.29, 0.717) is 0 Å². The van der Waals surface area contributed by atoms with E-state index in [1.54, 1.807) is 0 Å². The van der Waals surface area contributed by atoms with Crippen LogP contribution < -0.4 is 0 Å². The molecule has 0 aromatic rings. The molecule has 7 heteroatoms. The summed E-state index contributed by atoms with van der Waals surface area (Å²) in [4.78, 5) is 0. The topological polar surface area (TPSA) is 36.9 Å². The summed E-state index contributed by atoms with van der Waals surface area (Å²) in [5, 5.41) is -0.546. The second kappa shape index (κ2) is 8.46. The first-order chi connectivity index (χ1) is 13.8. The van der Waals surface area contributed by atoms with Crippen LogP contribution in [0.2, 0.25) is 24.9 Å². The average Bonchev–Trinajstić information content (AvgIpc) is 2.90. The third-order valence-electron chi connectivity index (χ3n) is 7.54. The van der Waals surface area contributed by atoms with E-state index in [0.717, 1.165) is 12.8 Å². The van der Waals surface area contributed by atoms with Crippen molar-refractivity contribution in [1.82, 2.24) is 0 Å². The van der Waals surface area contributed by atoms with Crippen molar-refractivity contribution in [3.63, 3.8) is 0 Å². The van der Waals surface area contributed by atoms with Crippen LogP contribution in [0, 0.1) is 0 Å². The highest BCUT2D eigenvalue weighted by Gasteiger charge is 2.67. The Morgan fingerprint density at radius 2 is 1.13 bits per heavy atom. The van der Waals surface area contributed by atoms with Gasteiger partial charge in [-0.15, -0.1) is 0 Å². The molecule has 0 aromatic heterocycles. The van der Waals surface area contributed by atoms with E-state index in [9.17, 15) is 0 Å². The molecular weight excluding hydrogens is 402 g/mol. The van der Waals surface area contributed by atoms with E-state index in [1.807, 2.05) is 0 Å². The van der Waals surface area contributed by atoms with Crippen LogP contribution in [0.25, 0.3) is 0 Å². The minimum Gasteiger partial charge on any atom is -0.403 e. The Kier molecular flexibility index (Phi) is 7.35. The summed E-state index contributed by atoms with van der Waals surface area (Å²) in [5.74, 6) is 0. The molecule has 0 amide bonds. The molecule has 0 spiro atoms. The Labute approximate surface area is 193 Å². The Morgan fingerprint density at radius 1 is 0.774 bits per heavy atom. The number of rotatable bonds is 7. The fourth-order valence-electron chi connectivity index (χ4n) is 4.11. The molecule has 2 rings (SSSR count). The van der Waals surface area contributed by atoms with Crippen molar-refractivity contribution < 1.29 is 18.6 Å². The standard InChI is InChI=1S/C24H46B2O4Si/c1-14-24(17-15-16-19(2)18-31(11,12)13,25-27-20(3,4)21(5,6)28-25)26-29-22(7,8)23(9,10)30-26/h15,17-18H,14,16H2,1-13H3/b17-15+,19-18+. The van der Waals surface area contributed by atoms with Gasteiger partial charge in [-0.1, -0.05) is 56.4 Å². The van der Waals surface area contributed by atoms with Gasteiger partial charge in [0.25, 0.3) is 0 Å². The maximum absolute atomic E-state index is 6.57. The number of allylic oxidation sites excluding steroid dienone is 3. The number of hydrogen-bond donors (Lipinski definition) is 0. The lowest BCUT2D eigenvalue weighted by molar-refractivity contribution is 0.00578. The van der Waals surface area contributed by atoms with Gasteiger partial charge in [-0.25, -0.2) is 0 Å². The van der Waals surface area contributed by atoms with Crippen molar-refractivity contribution in [2.45, 2.75) is 129 Å². The van der Waals surface area contributed by atoms with Crippen LogP contribution in [0.5, 0.6) is 0 Å². The van der Waals surface area contributed by atoms with Crippen molar-refractivity contribution in [3.05, 3.63) is 23.4 Å². The summed E-state index contributed by atoms with van der Waals surface area (Å²) in [5.41, 5.74) is 2.22. The summed E-state index contributed by atoms with van der Waals surface area (Å²) >= 11 is 0. The first kappa shape index (κ1) is 26.9. The highest BCUT2D eigenvalue weighted by molar-refractivity contribution is 6.81. The molecule has 0 aromatic carbocycles. The maximum atomic E-state index is 6.57. The molecule has 0 bridgehead atoms. The third kappa shape index (κ3) is 5.43. The molecule has 2 saturated heterocycles. The quantitative estimate of drug-likeness (QED) is 0.324. The van der Waals surface area contributed by atoms with Gasteiger partial charge in [0, 0.05) is 0 Å². The van der Waals surface area contributed by atoms with Crippen LogP contribution in [0.3, 0.4) is 0 Å².